The van der Waals surface area contributed by atoms with Gasteiger partial charge in [0.25, 0.3) is 5.91 Å². The van der Waals surface area contributed by atoms with E-state index in [1.54, 1.807) is 62.9 Å². The SMILES string of the molecule is COc1cc2nccc(Oc3oc4ccccc4c3C(N)=O)c2cc1OC. The molecule has 0 radical (unpaired) electrons. The van der Waals surface area contributed by atoms with Gasteiger partial charge in [0.15, 0.2) is 11.5 Å². The van der Waals surface area contributed by atoms with Crippen molar-refractivity contribution in [2.45, 2.75) is 0 Å². The number of nitrogens with two attached hydrogens (primary N) is 1. The van der Waals surface area contributed by atoms with E-state index in [0.29, 0.717) is 39.1 Å². The van der Waals surface area contributed by atoms with E-state index in [0.717, 1.165) is 0 Å². The molecule has 0 aliphatic rings. The minimum atomic E-state index is -0.632. The highest BCUT2D eigenvalue weighted by molar-refractivity contribution is 6.07. The molecule has 4 aromatic rings. The lowest BCUT2D eigenvalue weighted by Gasteiger charge is -2.11. The fourth-order valence-electron chi connectivity index (χ4n) is 2.96. The fraction of sp³-hybridized carbons (Fsp3) is 0.100. The number of carbonyl (C=O) groups is 1. The molecule has 4 rings (SSSR count). The highest BCUT2D eigenvalue weighted by Gasteiger charge is 2.22. The Labute approximate surface area is 154 Å². The number of ether oxygens (including phenoxy) is 3. The molecule has 2 N–H and O–H groups in total. The number of methoxy groups -OCH3 is 2. The lowest BCUT2D eigenvalue weighted by atomic mass is 10.1. The van der Waals surface area contributed by atoms with Gasteiger partial charge in [0.05, 0.1) is 19.7 Å². The standard InChI is InChI=1S/C20H16N2O5/c1-24-16-9-12-13(10-17(16)25-2)22-8-7-15(12)27-20-18(19(21)23)11-5-3-4-6-14(11)26-20/h3-10H,1-2H3,(H2,21,23). The third kappa shape index (κ3) is 2.79. The topological polar surface area (TPSA) is 96.8 Å². The van der Waals surface area contributed by atoms with Crippen molar-refractivity contribution in [3.05, 3.63) is 54.2 Å². The van der Waals surface area contributed by atoms with E-state index in [9.17, 15) is 4.79 Å². The normalized spacial score (nSPS) is 10.9. The number of furan rings is 1. The number of primary amides is 1. The molecule has 2 heterocycles. The Hall–Kier alpha value is -3.74. The van der Waals surface area contributed by atoms with E-state index >= 15 is 0 Å². The van der Waals surface area contributed by atoms with Crippen LogP contribution in [0.2, 0.25) is 0 Å². The van der Waals surface area contributed by atoms with Crippen LogP contribution in [-0.2, 0) is 0 Å². The third-order valence-electron chi connectivity index (χ3n) is 4.22. The molecule has 0 aliphatic heterocycles. The number of para-hydroxylation sites is 1. The first-order valence-corrected chi connectivity index (χ1v) is 8.12. The largest absolute Gasteiger partial charge is 0.493 e. The monoisotopic (exact) mass is 364 g/mol. The van der Waals surface area contributed by atoms with Gasteiger partial charge in [-0.3, -0.25) is 9.78 Å². The molecule has 0 unspecified atom stereocenters. The summed E-state index contributed by atoms with van der Waals surface area (Å²) >= 11 is 0. The quantitative estimate of drug-likeness (QED) is 0.577. The zero-order chi connectivity index (χ0) is 19.0. The number of rotatable bonds is 5. The summed E-state index contributed by atoms with van der Waals surface area (Å²) in [5.41, 5.74) is 6.89. The second-order valence-corrected chi connectivity index (χ2v) is 5.76. The summed E-state index contributed by atoms with van der Waals surface area (Å²) in [5.74, 6) is 0.930. The number of carbonyl (C=O) groups excluding carboxylic acids is 1. The Morgan fingerprint density at radius 3 is 2.48 bits per heavy atom. The van der Waals surface area contributed by atoms with Crippen molar-refractivity contribution >= 4 is 27.8 Å². The van der Waals surface area contributed by atoms with Crippen LogP contribution in [-0.4, -0.2) is 25.1 Å². The zero-order valence-corrected chi connectivity index (χ0v) is 14.7. The number of hydrogen-bond acceptors (Lipinski definition) is 6. The van der Waals surface area contributed by atoms with Crippen molar-refractivity contribution in [1.82, 2.24) is 4.98 Å². The van der Waals surface area contributed by atoms with Gasteiger partial charge in [-0.2, -0.15) is 0 Å². The van der Waals surface area contributed by atoms with Gasteiger partial charge in [0.1, 0.15) is 16.9 Å². The molecule has 27 heavy (non-hydrogen) atoms. The molecule has 136 valence electrons. The molecule has 0 aliphatic carbocycles. The summed E-state index contributed by atoms with van der Waals surface area (Å²) in [6.45, 7) is 0. The van der Waals surface area contributed by atoms with E-state index in [1.807, 2.05) is 0 Å². The minimum Gasteiger partial charge on any atom is -0.493 e. The van der Waals surface area contributed by atoms with E-state index in [2.05, 4.69) is 4.98 Å². The molecule has 7 nitrogen and oxygen atoms in total. The Morgan fingerprint density at radius 2 is 1.74 bits per heavy atom. The van der Waals surface area contributed by atoms with Crippen LogP contribution in [0.15, 0.2) is 53.1 Å². The van der Waals surface area contributed by atoms with Crippen LogP contribution in [0.3, 0.4) is 0 Å². The maximum atomic E-state index is 12.0. The maximum Gasteiger partial charge on any atom is 0.304 e. The van der Waals surface area contributed by atoms with Gasteiger partial charge in [-0.25, -0.2) is 0 Å². The molecule has 0 saturated carbocycles. The average Bonchev–Trinajstić information content (AvgIpc) is 3.05. The Bertz CT molecular complexity index is 1170. The van der Waals surface area contributed by atoms with Gasteiger partial charge in [0, 0.05) is 23.0 Å². The number of pyridine rings is 1. The van der Waals surface area contributed by atoms with Crippen molar-refractivity contribution in [2.75, 3.05) is 14.2 Å². The van der Waals surface area contributed by atoms with E-state index in [-0.39, 0.29) is 11.5 Å². The molecular weight excluding hydrogens is 348 g/mol. The lowest BCUT2D eigenvalue weighted by molar-refractivity contribution is 0.0997. The van der Waals surface area contributed by atoms with Crippen molar-refractivity contribution in [3.63, 3.8) is 0 Å². The van der Waals surface area contributed by atoms with Crippen LogP contribution in [0.4, 0.5) is 0 Å². The Kier molecular flexibility index (Phi) is 4.04. The summed E-state index contributed by atoms with van der Waals surface area (Å²) in [4.78, 5) is 16.3. The van der Waals surface area contributed by atoms with Crippen molar-refractivity contribution < 1.29 is 23.4 Å². The van der Waals surface area contributed by atoms with E-state index < -0.39 is 5.91 Å². The Morgan fingerprint density at radius 1 is 1.00 bits per heavy atom. The van der Waals surface area contributed by atoms with Gasteiger partial charge in [-0.05, 0) is 18.2 Å². The lowest BCUT2D eigenvalue weighted by Crippen LogP contribution is -2.11. The van der Waals surface area contributed by atoms with Crippen molar-refractivity contribution in [2.24, 2.45) is 5.73 Å². The second kappa shape index (κ2) is 6.53. The van der Waals surface area contributed by atoms with E-state index in [4.69, 9.17) is 24.4 Å². The van der Waals surface area contributed by atoms with Gasteiger partial charge in [-0.1, -0.05) is 18.2 Å². The van der Waals surface area contributed by atoms with Crippen LogP contribution in [0.5, 0.6) is 23.2 Å². The minimum absolute atomic E-state index is 0.0333. The van der Waals surface area contributed by atoms with Gasteiger partial charge in [-0.15, -0.1) is 0 Å². The number of aromatic nitrogens is 1. The first-order valence-electron chi connectivity index (χ1n) is 8.12. The molecule has 0 spiro atoms. The molecule has 0 bridgehead atoms. The van der Waals surface area contributed by atoms with Gasteiger partial charge < -0.3 is 24.4 Å². The average molecular weight is 364 g/mol. The van der Waals surface area contributed by atoms with Gasteiger partial charge >= 0.3 is 5.95 Å². The first-order chi connectivity index (χ1) is 13.1. The summed E-state index contributed by atoms with van der Waals surface area (Å²) in [6.07, 6.45) is 1.59. The van der Waals surface area contributed by atoms with Crippen LogP contribution in [0.25, 0.3) is 21.9 Å². The predicted molar refractivity (Wildman–Crippen MR) is 99.7 cm³/mol. The number of nitrogens with zero attached hydrogens (tertiary/aromatic N) is 1. The van der Waals surface area contributed by atoms with Crippen molar-refractivity contribution in [1.29, 1.82) is 0 Å². The summed E-state index contributed by atoms with van der Waals surface area (Å²) in [7, 11) is 3.10. The van der Waals surface area contributed by atoms with Crippen molar-refractivity contribution in [3.8, 4) is 23.2 Å². The molecule has 2 aromatic carbocycles. The summed E-state index contributed by atoms with van der Waals surface area (Å²) in [5, 5.41) is 1.27. The molecule has 0 fully saturated rings. The summed E-state index contributed by atoms with van der Waals surface area (Å²) in [6, 6.07) is 12.3. The van der Waals surface area contributed by atoms with Crippen LogP contribution >= 0.6 is 0 Å². The predicted octanol–water partition coefficient (Wildman–Crippen LogP) is 3.89. The number of benzene rings is 2. The molecular formula is C20H16N2O5. The summed E-state index contributed by atoms with van der Waals surface area (Å²) < 4.78 is 22.3. The van der Waals surface area contributed by atoms with E-state index in [1.165, 1.54) is 0 Å². The molecule has 2 aromatic heterocycles. The number of amides is 1. The first kappa shape index (κ1) is 16.7. The van der Waals surface area contributed by atoms with Crippen LogP contribution < -0.4 is 19.9 Å². The molecule has 1 amide bonds. The zero-order valence-electron chi connectivity index (χ0n) is 14.7. The molecule has 0 saturated heterocycles. The highest BCUT2D eigenvalue weighted by atomic mass is 16.6. The molecule has 7 heteroatoms. The van der Waals surface area contributed by atoms with Crippen LogP contribution in [0.1, 0.15) is 10.4 Å². The second-order valence-electron chi connectivity index (χ2n) is 5.76. The molecule has 0 atom stereocenters. The maximum absolute atomic E-state index is 12.0. The van der Waals surface area contributed by atoms with Gasteiger partial charge in [0.2, 0.25) is 0 Å². The smallest absolute Gasteiger partial charge is 0.304 e. The highest BCUT2D eigenvalue weighted by Crippen LogP contribution is 2.39. The fourth-order valence-corrected chi connectivity index (χ4v) is 2.96. The Balaban J connectivity index is 1.88. The number of hydrogen-bond donors (Lipinski definition) is 1. The number of fused-ring (bicyclic) bond motifs is 2. The van der Waals surface area contributed by atoms with Crippen LogP contribution in [0, 0.1) is 0 Å². The third-order valence-corrected chi connectivity index (χ3v) is 4.22.